The van der Waals surface area contributed by atoms with Crippen LogP contribution in [0, 0.1) is 0 Å². The molecule has 1 aromatic carbocycles. The average Bonchev–Trinajstić information content (AvgIpc) is 2.58. The Hall–Kier alpha value is -3.10. The average molecular weight is 367 g/mol. The van der Waals surface area contributed by atoms with Crippen LogP contribution in [-0.2, 0) is 11.3 Å². The summed E-state index contributed by atoms with van der Waals surface area (Å²) in [5.41, 5.74) is 0.697. The molecule has 0 aliphatic heterocycles. The Morgan fingerprint density at radius 1 is 1.19 bits per heavy atom. The molecule has 2 amide bonds. The van der Waals surface area contributed by atoms with E-state index in [1.54, 1.807) is 13.0 Å². The van der Waals surface area contributed by atoms with Crippen molar-refractivity contribution < 1.29 is 27.5 Å². The topological polar surface area (TPSA) is 80.3 Å². The summed E-state index contributed by atoms with van der Waals surface area (Å²) in [7, 11) is 0. The number of pyridine rings is 1. The maximum Gasteiger partial charge on any atom is 0.573 e. The fourth-order valence-corrected chi connectivity index (χ4v) is 2.01. The third-order valence-electron chi connectivity index (χ3n) is 3.20. The monoisotopic (exact) mass is 367 g/mol. The molecule has 0 bridgehead atoms. The zero-order chi connectivity index (χ0) is 19.2. The van der Waals surface area contributed by atoms with Gasteiger partial charge in [0.15, 0.2) is 0 Å². The quantitative estimate of drug-likeness (QED) is 0.821. The van der Waals surface area contributed by atoms with E-state index in [0.717, 1.165) is 0 Å². The molecule has 9 heteroatoms. The number of alkyl halides is 3. The maximum absolute atomic E-state index is 12.2. The van der Waals surface area contributed by atoms with E-state index < -0.39 is 12.3 Å². The van der Waals surface area contributed by atoms with Crippen molar-refractivity contribution in [3.8, 4) is 5.75 Å². The molecule has 0 saturated carbocycles. The molecule has 0 aliphatic rings. The van der Waals surface area contributed by atoms with Crippen LogP contribution in [0.1, 0.15) is 29.3 Å². The van der Waals surface area contributed by atoms with Crippen LogP contribution in [0.4, 0.5) is 19.0 Å². The first kappa shape index (κ1) is 19.2. The number of carbonyl (C=O) groups is 2. The van der Waals surface area contributed by atoms with Gasteiger partial charge in [0.2, 0.25) is 5.91 Å². The Balaban J connectivity index is 1.99. The first-order chi connectivity index (χ1) is 12.3. The minimum atomic E-state index is -4.78. The first-order valence-electron chi connectivity index (χ1n) is 7.65. The van der Waals surface area contributed by atoms with Gasteiger partial charge in [-0.2, -0.15) is 0 Å². The second kappa shape index (κ2) is 8.32. The van der Waals surface area contributed by atoms with Crippen molar-refractivity contribution in [1.82, 2.24) is 10.3 Å². The molecule has 0 fully saturated rings. The summed E-state index contributed by atoms with van der Waals surface area (Å²) in [5.74, 6) is -0.819. The van der Waals surface area contributed by atoms with E-state index in [-0.39, 0.29) is 36.0 Å². The van der Waals surface area contributed by atoms with E-state index in [1.807, 2.05) is 0 Å². The van der Waals surface area contributed by atoms with Gasteiger partial charge in [0.25, 0.3) is 5.91 Å². The van der Waals surface area contributed by atoms with Crippen LogP contribution < -0.4 is 15.4 Å². The van der Waals surface area contributed by atoms with Crippen molar-refractivity contribution in [3.05, 3.63) is 53.7 Å². The highest BCUT2D eigenvalue weighted by molar-refractivity contribution is 5.96. The molecule has 0 atom stereocenters. The van der Waals surface area contributed by atoms with Crippen LogP contribution in [0.3, 0.4) is 0 Å². The summed E-state index contributed by atoms with van der Waals surface area (Å²) >= 11 is 0. The lowest BCUT2D eigenvalue weighted by atomic mass is 10.2. The second-order valence-electron chi connectivity index (χ2n) is 5.21. The van der Waals surface area contributed by atoms with Gasteiger partial charge in [0, 0.05) is 24.7 Å². The lowest BCUT2D eigenvalue weighted by molar-refractivity contribution is -0.274. The number of hydrogen-bond donors (Lipinski definition) is 2. The van der Waals surface area contributed by atoms with Crippen molar-refractivity contribution in [2.75, 3.05) is 5.32 Å². The normalized spacial score (nSPS) is 10.9. The van der Waals surface area contributed by atoms with Gasteiger partial charge in [-0.05, 0) is 29.8 Å². The predicted octanol–water partition coefficient (Wildman–Crippen LogP) is 3.26. The molecule has 138 valence electrons. The molecule has 0 aliphatic carbocycles. The highest BCUT2D eigenvalue weighted by Gasteiger charge is 2.31. The fraction of sp³-hybridized carbons (Fsp3) is 0.235. The second-order valence-corrected chi connectivity index (χ2v) is 5.21. The third kappa shape index (κ3) is 6.08. The fourth-order valence-electron chi connectivity index (χ4n) is 2.01. The van der Waals surface area contributed by atoms with Crippen molar-refractivity contribution in [2.24, 2.45) is 0 Å². The van der Waals surface area contributed by atoms with Gasteiger partial charge in [-0.1, -0.05) is 19.1 Å². The van der Waals surface area contributed by atoms with Gasteiger partial charge in [0.05, 0.1) is 0 Å². The van der Waals surface area contributed by atoms with Crippen molar-refractivity contribution in [1.29, 1.82) is 0 Å². The van der Waals surface area contributed by atoms with Gasteiger partial charge in [-0.25, -0.2) is 4.98 Å². The number of amides is 2. The molecule has 6 nitrogen and oxygen atoms in total. The summed E-state index contributed by atoms with van der Waals surface area (Å²) < 4.78 is 40.5. The van der Waals surface area contributed by atoms with Crippen LogP contribution in [-0.4, -0.2) is 23.2 Å². The number of halogens is 3. The lowest BCUT2D eigenvalue weighted by Gasteiger charge is -2.11. The van der Waals surface area contributed by atoms with Crippen LogP contribution in [0.2, 0.25) is 0 Å². The number of rotatable bonds is 6. The molecule has 0 radical (unpaired) electrons. The largest absolute Gasteiger partial charge is 0.573 e. The Morgan fingerprint density at radius 3 is 2.65 bits per heavy atom. The van der Waals surface area contributed by atoms with Crippen LogP contribution >= 0.6 is 0 Å². The standard InChI is InChI=1S/C17H16F3N3O3/c1-2-15(24)23-14-9-12(6-7-21-14)16(25)22-10-11-4-3-5-13(8-11)26-17(18,19)20/h3-9H,2,10H2,1H3,(H,22,25)(H,21,23,24). The van der Waals surface area contributed by atoms with E-state index in [9.17, 15) is 22.8 Å². The Bertz CT molecular complexity index is 794. The molecular formula is C17H16F3N3O3. The van der Waals surface area contributed by atoms with Crippen molar-refractivity contribution >= 4 is 17.6 Å². The molecule has 0 unspecified atom stereocenters. The van der Waals surface area contributed by atoms with Gasteiger partial charge < -0.3 is 15.4 Å². The highest BCUT2D eigenvalue weighted by atomic mass is 19.4. The molecule has 0 saturated heterocycles. The summed E-state index contributed by atoms with van der Waals surface area (Å²) in [5, 5.41) is 5.12. The number of carbonyl (C=O) groups excluding carboxylic acids is 2. The molecule has 2 aromatic rings. The van der Waals surface area contributed by atoms with E-state index in [0.29, 0.717) is 5.56 Å². The van der Waals surface area contributed by atoms with Gasteiger partial charge >= 0.3 is 6.36 Å². The molecule has 26 heavy (non-hydrogen) atoms. The SMILES string of the molecule is CCC(=O)Nc1cc(C(=O)NCc2cccc(OC(F)(F)F)c2)ccn1. The van der Waals surface area contributed by atoms with E-state index in [2.05, 4.69) is 20.4 Å². The first-order valence-corrected chi connectivity index (χ1v) is 7.65. The van der Waals surface area contributed by atoms with Gasteiger partial charge in [-0.3, -0.25) is 9.59 Å². The summed E-state index contributed by atoms with van der Waals surface area (Å²) in [6.45, 7) is 1.69. The molecule has 0 spiro atoms. The molecule has 1 aromatic heterocycles. The summed E-state index contributed by atoms with van der Waals surface area (Å²) in [6.07, 6.45) is -3.13. The highest BCUT2D eigenvalue weighted by Crippen LogP contribution is 2.23. The number of nitrogens with zero attached hydrogens (tertiary/aromatic N) is 1. The molecule has 1 heterocycles. The van der Waals surface area contributed by atoms with Crippen molar-refractivity contribution in [2.45, 2.75) is 26.3 Å². The number of aromatic nitrogens is 1. The van der Waals surface area contributed by atoms with E-state index in [4.69, 9.17) is 0 Å². The minimum absolute atomic E-state index is 0.00681. The van der Waals surface area contributed by atoms with Crippen LogP contribution in [0.25, 0.3) is 0 Å². The molecular weight excluding hydrogens is 351 g/mol. The molecule has 2 N–H and O–H groups in total. The zero-order valence-electron chi connectivity index (χ0n) is 13.8. The van der Waals surface area contributed by atoms with Crippen LogP contribution in [0.5, 0.6) is 5.75 Å². The Labute approximate surface area is 147 Å². The number of ether oxygens (including phenoxy) is 1. The Kier molecular flexibility index (Phi) is 6.16. The summed E-state index contributed by atoms with van der Waals surface area (Å²) in [4.78, 5) is 27.5. The number of hydrogen-bond acceptors (Lipinski definition) is 4. The maximum atomic E-state index is 12.2. The van der Waals surface area contributed by atoms with Gasteiger partial charge in [-0.15, -0.1) is 13.2 Å². The lowest BCUT2D eigenvalue weighted by Crippen LogP contribution is -2.23. The van der Waals surface area contributed by atoms with Crippen molar-refractivity contribution in [3.63, 3.8) is 0 Å². The Morgan fingerprint density at radius 2 is 1.96 bits per heavy atom. The zero-order valence-corrected chi connectivity index (χ0v) is 13.8. The van der Waals surface area contributed by atoms with Gasteiger partial charge in [0.1, 0.15) is 11.6 Å². The van der Waals surface area contributed by atoms with Crippen LogP contribution in [0.15, 0.2) is 42.6 Å². The van der Waals surface area contributed by atoms with E-state index >= 15 is 0 Å². The third-order valence-corrected chi connectivity index (χ3v) is 3.20. The predicted molar refractivity (Wildman–Crippen MR) is 87.5 cm³/mol. The number of nitrogens with one attached hydrogen (secondary N) is 2. The summed E-state index contributed by atoms with van der Waals surface area (Å²) in [6, 6.07) is 8.18. The number of benzene rings is 1. The smallest absolute Gasteiger partial charge is 0.406 e. The minimum Gasteiger partial charge on any atom is -0.406 e. The molecule has 2 rings (SSSR count). The van der Waals surface area contributed by atoms with E-state index in [1.165, 1.54) is 36.5 Å². The number of anilines is 1.